The van der Waals surface area contributed by atoms with Crippen molar-refractivity contribution in [3.05, 3.63) is 0 Å². The summed E-state index contributed by atoms with van der Waals surface area (Å²) in [7, 11) is 0. The van der Waals surface area contributed by atoms with Gasteiger partial charge >= 0.3 is 5.97 Å². The maximum atomic E-state index is 11.4. The number of nitrogens with zero attached hydrogens (tertiary/aromatic N) is 1. The third kappa shape index (κ3) is 2.02. The zero-order valence-electron chi connectivity index (χ0n) is 7.88. The molecule has 3 atom stereocenters. The molecule has 1 rings (SSSR count). The van der Waals surface area contributed by atoms with Crippen molar-refractivity contribution in [2.45, 2.75) is 31.5 Å². The van der Waals surface area contributed by atoms with E-state index in [9.17, 15) is 14.7 Å². The summed E-state index contributed by atoms with van der Waals surface area (Å²) in [5.41, 5.74) is 5.36. The first kappa shape index (κ1) is 10.9. The molecule has 0 radical (unpaired) electrons. The zero-order chi connectivity index (χ0) is 10.9. The molecule has 1 heterocycles. The average Bonchev–Trinajstić information content (AvgIpc) is 2.45. The predicted octanol–water partition coefficient (Wildman–Crippen LogP) is -1.62. The third-order valence-electron chi connectivity index (χ3n) is 2.24. The molecule has 1 fully saturated rings. The number of β-amino-alcohol motifs (C(OH)–C–C–N with tert-alkyl or cyclic N) is 1. The average molecular weight is 202 g/mol. The Bertz CT molecular complexity index is 254. The minimum atomic E-state index is -1.10. The lowest BCUT2D eigenvalue weighted by molar-refractivity contribution is -0.148. The number of amides is 1. The molecule has 0 aromatic rings. The number of carbonyl (C=O) groups is 2. The highest BCUT2D eigenvalue weighted by molar-refractivity contribution is 5.87. The van der Waals surface area contributed by atoms with Crippen LogP contribution in [0.5, 0.6) is 0 Å². The Morgan fingerprint density at radius 2 is 2.14 bits per heavy atom. The number of rotatable bonds is 2. The van der Waals surface area contributed by atoms with Gasteiger partial charge in [0.25, 0.3) is 0 Å². The monoisotopic (exact) mass is 202 g/mol. The minimum Gasteiger partial charge on any atom is -0.480 e. The van der Waals surface area contributed by atoms with Crippen molar-refractivity contribution in [1.29, 1.82) is 0 Å². The van der Waals surface area contributed by atoms with E-state index in [1.165, 1.54) is 6.92 Å². The topological polar surface area (TPSA) is 104 Å². The number of hydrogen-bond donors (Lipinski definition) is 3. The van der Waals surface area contributed by atoms with Crippen LogP contribution in [0, 0.1) is 0 Å². The Morgan fingerprint density at radius 3 is 2.57 bits per heavy atom. The van der Waals surface area contributed by atoms with Crippen molar-refractivity contribution in [2.75, 3.05) is 6.54 Å². The maximum Gasteiger partial charge on any atom is 0.326 e. The molecule has 0 saturated carbocycles. The molecule has 0 aromatic carbocycles. The molecule has 80 valence electrons. The van der Waals surface area contributed by atoms with Crippen molar-refractivity contribution in [3.63, 3.8) is 0 Å². The fourth-order valence-corrected chi connectivity index (χ4v) is 1.55. The lowest BCUT2D eigenvalue weighted by atomic mass is 10.2. The summed E-state index contributed by atoms with van der Waals surface area (Å²) < 4.78 is 0. The van der Waals surface area contributed by atoms with Gasteiger partial charge in [-0.25, -0.2) is 4.79 Å². The fourth-order valence-electron chi connectivity index (χ4n) is 1.55. The highest BCUT2D eigenvalue weighted by Crippen LogP contribution is 2.18. The third-order valence-corrected chi connectivity index (χ3v) is 2.24. The second-order valence-corrected chi connectivity index (χ2v) is 3.52. The number of aliphatic carboxylic acids is 1. The van der Waals surface area contributed by atoms with Gasteiger partial charge in [-0.3, -0.25) is 4.79 Å². The number of likely N-dealkylation sites (tertiary alicyclic amines) is 1. The van der Waals surface area contributed by atoms with Crippen molar-refractivity contribution in [2.24, 2.45) is 5.73 Å². The van der Waals surface area contributed by atoms with Gasteiger partial charge in [-0.1, -0.05) is 0 Å². The van der Waals surface area contributed by atoms with Gasteiger partial charge < -0.3 is 20.8 Å². The van der Waals surface area contributed by atoms with Gasteiger partial charge in [0.15, 0.2) is 0 Å². The van der Waals surface area contributed by atoms with E-state index >= 15 is 0 Å². The molecule has 4 N–H and O–H groups in total. The van der Waals surface area contributed by atoms with Crippen LogP contribution in [0.4, 0.5) is 0 Å². The summed E-state index contributed by atoms with van der Waals surface area (Å²) >= 11 is 0. The minimum absolute atomic E-state index is 0.0529. The summed E-state index contributed by atoms with van der Waals surface area (Å²) in [6.45, 7) is 1.54. The van der Waals surface area contributed by atoms with Crippen LogP contribution in [0.15, 0.2) is 0 Å². The van der Waals surface area contributed by atoms with E-state index in [1.54, 1.807) is 0 Å². The predicted molar refractivity (Wildman–Crippen MR) is 47.4 cm³/mol. The molecule has 0 aliphatic carbocycles. The number of nitrogens with two attached hydrogens (primary N) is 1. The van der Waals surface area contributed by atoms with E-state index in [1.807, 2.05) is 0 Å². The van der Waals surface area contributed by atoms with E-state index in [2.05, 4.69) is 0 Å². The van der Waals surface area contributed by atoms with Crippen molar-refractivity contribution < 1.29 is 19.8 Å². The van der Waals surface area contributed by atoms with Crippen LogP contribution in [0.1, 0.15) is 13.3 Å². The Labute approximate surface area is 81.3 Å². The van der Waals surface area contributed by atoms with Gasteiger partial charge in [0.05, 0.1) is 12.1 Å². The van der Waals surface area contributed by atoms with Gasteiger partial charge in [0, 0.05) is 13.0 Å². The molecule has 6 nitrogen and oxygen atoms in total. The van der Waals surface area contributed by atoms with E-state index < -0.39 is 30.1 Å². The molecule has 6 heteroatoms. The molecule has 1 amide bonds. The molecule has 1 saturated heterocycles. The van der Waals surface area contributed by atoms with Gasteiger partial charge in [0.1, 0.15) is 6.04 Å². The van der Waals surface area contributed by atoms with Crippen LogP contribution in [0.3, 0.4) is 0 Å². The normalized spacial score (nSPS) is 28.9. The van der Waals surface area contributed by atoms with Crippen LogP contribution in [-0.4, -0.2) is 51.7 Å². The van der Waals surface area contributed by atoms with Gasteiger partial charge in [-0.05, 0) is 6.92 Å². The van der Waals surface area contributed by atoms with Crippen LogP contribution in [0.2, 0.25) is 0 Å². The molecule has 0 aromatic heterocycles. The van der Waals surface area contributed by atoms with Crippen LogP contribution < -0.4 is 5.73 Å². The maximum absolute atomic E-state index is 11.4. The van der Waals surface area contributed by atoms with Crippen LogP contribution in [0.25, 0.3) is 0 Å². The number of aliphatic hydroxyl groups is 1. The van der Waals surface area contributed by atoms with Gasteiger partial charge in [-0.2, -0.15) is 0 Å². The van der Waals surface area contributed by atoms with E-state index in [0.717, 1.165) is 4.90 Å². The molecule has 1 aliphatic rings. The number of carboxylic acids is 1. The van der Waals surface area contributed by atoms with Crippen LogP contribution >= 0.6 is 0 Å². The Kier molecular flexibility index (Phi) is 3.07. The summed E-state index contributed by atoms with van der Waals surface area (Å²) in [5.74, 6) is -1.54. The summed E-state index contributed by atoms with van der Waals surface area (Å²) in [5, 5.41) is 18.0. The zero-order valence-corrected chi connectivity index (χ0v) is 7.88. The van der Waals surface area contributed by atoms with Gasteiger partial charge in [0.2, 0.25) is 5.91 Å². The molecule has 14 heavy (non-hydrogen) atoms. The first-order valence-corrected chi connectivity index (χ1v) is 4.40. The number of aliphatic hydroxyl groups excluding tert-OH is 1. The standard InChI is InChI=1S/C8H14N2O4/c1-4(9)7(12)10-3-5(11)2-6(10)8(13)14/h4-6,11H,2-3,9H2,1H3,(H,13,14)/t4-,5+,6+/m1/s1. The second kappa shape index (κ2) is 3.93. The Morgan fingerprint density at radius 1 is 1.57 bits per heavy atom. The Hall–Kier alpha value is -1.14. The number of hydrogen-bond acceptors (Lipinski definition) is 4. The largest absolute Gasteiger partial charge is 0.480 e. The van der Waals surface area contributed by atoms with E-state index in [0.29, 0.717) is 0 Å². The summed E-state index contributed by atoms with van der Waals surface area (Å²) in [6.07, 6.45) is -0.688. The lowest BCUT2D eigenvalue weighted by Crippen LogP contribution is -2.47. The molecule has 1 aliphatic heterocycles. The van der Waals surface area contributed by atoms with E-state index in [-0.39, 0.29) is 13.0 Å². The second-order valence-electron chi connectivity index (χ2n) is 3.52. The van der Waals surface area contributed by atoms with Crippen LogP contribution in [-0.2, 0) is 9.59 Å². The first-order valence-electron chi connectivity index (χ1n) is 4.40. The molecule has 0 spiro atoms. The lowest BCUT2D eigenvalue weighted by Gasteiger charge is -2.22. The van der Waals surface area contributed by atoms with Gasteiger partial charge in [-0.15, -0.1) is 0 Å². The SMILES string of the molecule is C[C@@H](N)C(=O)N1C[C@@H](O)C[C@H]1C(=O)O. The molecule has 0 unspecified atom stereocenters. The fraction of sp³-hybridized carbons (Fsp3) is 0.750. The number of carboxylic acid groups (broad SMARTS) is 1. The number of carbonyl (C=O) groups excluding carboxylic acids is 1. The highest BCUT2D eigenvalue weighted by Gasteiger charge is 2.39. The van der Waals surface area contributed by atoms with Crippen molar-refractivity contribution in [3.8, 4) is 0 Å². The summed E-state index contributed by atoms with van der Waals surface area (Å²) in [6, 6.07) is -1.68. The molecule has 0 bridgehead atoms. The molecular formula is C8H14N2O4. The first-order chi connectivity index (χ1) is 6.43. The highest BCUT2D eigenvalue weighted by atomic mass is 16.4. The smallest absolute Gasteiger partial charge is 0.326 e. The van der Waals surface area contributed by atoms with Crippen molar-refractivity contribution >= 4 is 11.9 Å². The van der Waals surface area contributed by atoms with Crippen molar-refractivity contribution in [1.82, 2.24) is 4.90 Å². The molecular weight excluding hydrogens is 188 g/mol. The quantitative estimate of drug-likeness (QED) is 0.499. The van der Waals surface area contributed by atoms with E-state index in [4.69, 9.17) is 10.8 Å². The Balaban J connectivity index is 2.76. The summed E-state index contributed by atoms with van der Waals surface area (Å²) in [4.78, 5) is 23.3.